The Morgan fingerprint density at radius 2 is 2.00 bits per heavy atom. The summed E-state index contributed by atoms with van der Waals surface area (Å²) in [5.41, 5.74) is 1.15. The minimum atomic E-state index is -0.589. The number of urea groups is 1. The van der Waals surface area contributed by atoms with Crippen molar-refractivity contribution < 1.29 is 14.4 Å². The fourth-order valence-corrected chi connectivity index (χ4v) is 3.16. The Morgan fingerprint density at radius 1 is 1.23 bits per heavy atom. The molecule has 2 atom stereocenters. The third kappa shape index (κ3) is 2.95. The molecule has 0 aromatic heterocycles. The van der Waals surface area contributed by atoms with Crippen molar-refractivity contribution in [1.82, 2.24) is 15.5 Å². The highest BCUT2D eigenvalue weighted by Gasteiger charge is 2.33. The van der Waals surface area contributed by atoms with Gasteiger partial charge in [0.15, 0.2) is 0 Å². The van der Waals surface area contributed by atoms with Crippen LogP contribution in [0.4, 0.5) is 4.79 Å². The Balaban J connectivity index is 1.60. The summed E-state index contributed by atoms with van der Waals surface area (Å²) in [5, 5.41) is 4.70. The Kier molecular flexibility index (Phi) is 4.09. The number of hydrogen-bond donors (Lipinski definition) is 2. The van der Waals surface area contributed by atoms with Gasteiger partial charge in [-0.3, -0.25) is 14.9 Å². The zero-order valence-electron chi connectivity index (χ0n) is 12.2. The fraction of sp³-hybridized carbons (Fsp3) is 0.438. The van der Waals surface area contributed by atoms with E-state index >= 15 is 0 Å². The van der Waals surface area contributed by atoms with Crippen molar-refractivity contribution in [2.75, 3.05) is 6.54 Å². The van der Waals surface area contributed by atoms with E-state index in [0.29, 0.717) is 6.42 Å². The van der Waals surface area contributed by atoms with E-state index in [-0.39, 0.29) is 24.3 Å². The molecule has 6 nitrogen and oxygen atoms in total. The van der Waals surface area contributed by atoms with Crippen LogP contribution >= 0.6 is 0 Å². The first-order chi connectivity index (χ1) is 10.6. The molecule has 2 heterocycles. The van der Waals surface area contributed by atoms with Crippen molar-refractivity contribution in [1.29, 1.82) is 0 Å². The number of likely N-dealkylation sites (tertiary alicyclic amines) is 1. The van der Waals surface area contributed by atoms with Crippen LogP contribution in [-0.2, 0) is 9.59 Å². The lowest BCUT2D eigenvalue weighted by molar-refractivity contribution is -0.132. The molecule has 6 heteroatoms. The zero-order valence-corrected chi connectivity index (χ0v) is 12.2. The number of benzene rings is 1. The summed E-state index contributed by atoms with van der Waals surface area (Å²) < 4.78 is 0. The monoisotopic (exact) mass is 301 g/mol. The molecule has 1 aromatic carbocycles. The van der Waals surface area contributed by atoms with E-state index in [9.17, 15) is 14.4 Å². The summed E-state index contributed by atoms with van der Waals surface area (Å²) in [6.07, 6.45) is 2.57. The summed E-state index contributed by atoms with van der Waals surface area (Å²) in [5.74, 6) is -0.306. The largest absolute Gasteiger partial charge is 0.336 e. The molecule has 2 aliphatic heterocycles. The molecule has 0 spiro atoms. The Morgan fingerprint density at radius 3 is 2.68 bits per heavy atom. The number of nitrogens with zero attached hydrogens (tertiary/aromatic N) is 1. The minimum absolute atomic E-state index is 0.0419. The van der Waals surface area contributed by atoms with Gasteiger partial charge in [-0.25, -0.2) is 4.79 Å². The van der Waals surface area contributed by atoms with Gasteiger partial charge in [-0.15, -0.1) is 0 Å². The molecule has 2 fully saturated rings. The van der Waals surface area contributed by atoms with Crippen LogP contribution in [0.5, 0.6) is 0 Å². The van der Waals surface area contributed by atoms with Gasteiger partial charge in [-0.05, 0) is 24.8 Å². The molecule has 0 bridgehead atoms. The molecular weight excluding hydrogens is 282 g/mol. The van der Waals surface area contributed by atoms with Crippen molar-refractivity contribution in [3.8, 4) is 0 Å². The molecule has 116 valence electrons. The van der Waals surface area contributed by atoms with Crippen LogP contribution in [-0.4, -0.2) is 35.3 Å². The molecule has 3 rings (SSSR count). The van der Waals surface area contributed by atoms with Crippen LogP contribution in [0, 0.1) is 0 Å². The van der Waals surface area contributed by atoms with Gasteiger partial charge in [0, 0.05) is 13.0 Å². The first kappa shape index (κ1) is 14.6. The molecule has 2 aliphatic rings. The molecule has 0 aliphatic carbocycles. The van der Waals surface area contributed by atoms with Gasteiger partial charge in [0.25, 0.3) is 5.91 Å². The van der Waals surface area contributed by atoms with Gasteiger partial charge in [-0.1, -0.05) is 30.3 Å². The number of imide groups is 1. The molecule has 2 saturated heterocycles. The fourth-order valence-electron chi connectivity index (χ4n) is 3.16. The Bertz CT molecular complexity index is 588. The second kappa shape index (κ2) is 6.17. The minimum Gasteiger partial charge on any atom is -0.336 e. The predicted molar refractivity (Wildman–Crippen MR) is 79.8 cm³/mol. The molecule has 1 aromatic rings. The lowest BCUT2D eigenvalue weighted by atomic mass is 10.0. The smallest absolute Gasteiger partial charge is 0.322 e. The number of hydrogen-bond acceptors (Lipinski definition) is 3. The number of carbonyl (C=O) groups is 3. The van der Waals surface area contributed by atoms with Gasteiger partial charge < -0.3 is 10.2 Å². The van der Waals surface area contributed by atoms with Gasteiger partial charge in [0.05, 0.1) is 6.04 Å². The van der Waals surface area contributed by atoms with Crippen LogP contribution < -0.4 is 10.6 Å². The molecule has 4 amide bonds. The average Bonchev–Trinajstić information content (AvgIpc) is 3.12. The Hall–Kier alpha value is -2.37. The van der Waals surface area contributed by atoms with Gasteiger partial charge in [0.1, 0.15) is 6.04 Å². The summed E-state index contributed by atoms with van der Waals surface area (Å²) in [6.45, 7) is 0.752. The van der Waals surface area contributed by atoms with Crippen molar-refractivity contribution in [2.45, 2.75) is 37.8 Å². The van der Waals surface area contributed by atoms with Crippen molar-refractivity contribution in [3.05, 3.63) is 35.9 Å². The summed E-state index contributed by atoms with van der Waals surface area (Å²) in [6, 6.07) is 9.07. The second-order valence-corrected chi connectivity index (χ2v) is 5.71. The maximum absolute atomic E-state index is 12.5. The van der Waals surface area contributed by atoms with Crippen LogP contribution in [0.25, 0.3) is 0 Å². The van der Waals surface area contributed by atoms with Gasteiger partial charge in [-0.2, -0.15) is 0 Å². The van der Waals surface area contributed by atoms with E-state index < -0.39 is 12.1 Å². The number of carbonyl (C=O) groups excluding carboxylic acids is 3. The first-order valence-corrected chi connectivity index (χ1v) is 7.61. The van der Waals surface area contributed by atoms with Crippen LogP contribution in [0.1, 0.15) is 37.3 Å². The lowest BCUT2D eigenvalue weighted by Gasteiger charge is -2.25. The van der Waals surface area contributed by atoms with Crippen molar-refractivity contribution >= 4 is 17.8 Å². The summed E-state index contributed by atoms with van der Waals surface area (Å²) >= 11 is 0. The Labute approximate surface area is 128 Å². The van der Waals surface area contributed by atoms with Crippen molar-refractivity contribution in [2.24, 2.45) is 0 Å². The lowest BCUT2D eigenvalue weighted by Crippen LogP contribution is -2.34. The number of amides is 4. The quantitative estimate of drug-likeness (QED) is 0.824. The van der Waals surface area contributed by atoms with E-state index in [0.717, 1.165) is 24.9 Å². The van der Waals surface area contributed by atoms with E-state index in [1.54, 1.807) is 0 Å². The summed E-state index contributed by atoms with van der Waals surface area (Å²) in [7, 11) is 0. The van der Waals surface area contributed by atoms with Crippen LogP contribution in [0.15, 0.2) is 30.3 Å². The second-order valence-electron chi connectivity index (χ2n) is 5.71. The highest BCUT2D eigenvalue weighted by Crippen LogP contribution is 2.32. The highest BCUT2D eigenvalue weighted by molar-refractivity contribution is 6.04. The highest BCUT2D eigenvalue weighted by atomic mass is 16.2. The van der Waals surface area contributed by atoms with Gasteiger partial charge in [0.2, 0.25) is 5.91 Å². The average molecular weight is 301 g/mol. The maximum atomic E-state index is 12.5. The standard InChI is InChI=1S/C16H19N3O3/c20-14(9-8-12-15(21)18-16(22)17-12)19-10-4-7-13(19)11-5-2-1-3-6-11/h1-3,5-6,12-13H,4,7-10H2,(H2,17,18,21,22)/t12-,13+/m0/s1. The van der Waals surface area contributed by atoms with Crippen LogP contribution in [0.3, 0.4) is 0 Å². The molecule has 0 unspecified atom stereocenters. The third-order valence-corrected chi connectivity index (χ3v) is 4.26. The van der Waals surface area contributed by atoms with E-state index in [1.807, 2.05) is 35.2 Å². The maximum Gasteiger partial charge on any atom is 0.322 e. The normalized spacial score (nSPS) is 24.3. The molecule has 22 heavy (non-hydrogen) atoms. The van der Waals surface area contributed by atoms with Gasteiger partial charge >= 0.3 is 6.03 Å². The predicted octanol–water partition coefficient (Wildman–Crippen LogP) is 1.34. The molecule has 0 radical (unpaired) electrons. The van der Waals surface area contributed by atoms with E-state index in [2.05, 4.69) is 10.6 Å². The number of rotatable bonds is 4. The zero-order chi connectivity index (χ0) is 15.5. The molecular formula is C16H19N3O3. The van der Waals surface area contributed by atoms with E-state index in [1.165, 1.54) is 0 Å². The SMILES string of the molecule is O=C1NC(=O)[C@H](CCC(=O)N2CCC[C@@H]2c2ccccc2)N1. The molecule has 0 saturated carbocycles. The summed E-state index contributed by atoms with van der Waals surface area (Å²) in [4.78, 5) is 36.9. The van der Waals surface area contributed by atoms with Crippen LogP contribution in [0.2, 0.25) is 0 Å². The number of nitrogens with one attached hydrogen (secondary N) is 2. The first-order valence-electron chi connectivity index (χ1n) is 7.61. The van der Waals surface area contributed by atoms with E-state index in [4.69, 9.17) is 0 Å². The van der Waals surface area contributed by atoms with Crippen molar-refractivity contribution in [3.63, 3.8) is 0 Å². The third-order valence-electron chi connectivity index (χ3n) is 4.26. The molecule has 2 N–H and O–H groups in total. The topological polar surface area (TPSA) is 78.5 Å².